The molecule has 0 aliphatic rings. The summed E-state index contributed by atoms with van der Waals surface area (Å²) in [6.45, 7) is 1.73. The monoisotopic (exact) mass is 422 g/mol. The largest absolute Gasteiger partial charge is 0.495 e. The van der Waals surface area contributed by atoms with E-state index in [4.69, 9.17) is 32.7 Å². The first-order chi connectivity index (χ1) is 13.0. The molecule has 0 aliphatic carbocycles. The summed E-state index contributed by atoms with van der Waals surface area (Å²) >= 11 is 13.2. The molecule has 0 bridgehead atoms. The zero-order valence-corrected chi connectivity index (χ0v) is 16.9. The fraction of sp³-hybridized carbons (Fsp3) is 0.158. The lowest BCUT2D eigenvalue weighted by Gasteiger charge is -2.20. The van der Waals surface area contributed by atoms with Crippen molar-refractivity contribution in [2.75, 3.05) is 12.0 Å². The van der Waals surface area contributed by atoms with E-state index in [0.29, 0.717) is 38.1 Å². The summed E-state index contributed by atoms with van der Waals surface area (Å²) in [4.78, 5) is 18.3. The van der Waals surface area contributed by atoms with Crippen molar-refractivity contribution in [3.63, 3.8) is 0 Å². The average Bonchev–Trinajstić information content (AvgIpc) is 3.11. The molecule has 0 radical (unpaired) electrons. The van der Waals surface area contributed by atoms with Gasteiger partial charge in [0.1, 0.15) is 18.1 Å². The van der Waals surface area contributed by atoms with Crippen molar-refractivity contribution in [2.45, 2.75) is 13.5 Å². The number of carbonyl (C=O) groups excluding carboxylic acids is 1. The van der Waals surface area contributed by atoms with Gasteiger partial charge in [0, 0.05) is 18.4 Å². The standard InChI is InChI=1S/C19H16Cl2N2O3S/c1-12(24)23(17-5-3-4-6-18(17)25-2)19-22-13(11-27-19)10-26-14-7-8-15(20)16(21)9-14/h3-9,11H,10H2,1-2H3. The minimum atomic E-state index is -0.161. The molecular formula is C19H16Cl2N2O3S. The molecule has 0 saturated heterocycles. The van der Waals surface area contributed by atoms with Crippen LogP contribution < -0.4 is 14.4 Å². The van der Waals surface area contributed by atoms with Crippen LogP contribution in [0.2, 0.25) is 10.0 Å². The number of para-hydroxylation sites is 2. The lowest BCUT2D eigenvalue weighted by Crippen LogP contribution is -2.23. The maximum atomic E-state index is 12.2. The molecule has 2 aromatic carbocycles. The highest BCUT2D eigenvalue weighted by molar-refractivity contribution is 7.14. The number of nitrogens with zero attached hydrogens (tertiary/aromatic N) is 2. The molecule has 27 heavy (non-hydrogen) atoms. The Morgan fingerprint density at radius 1 is 1.19 bits per heavy atom. The van der Waals surface area contributed by atoms with E-state index in [9.17, 15) is 4.79 Å². The Hall–Kier alpha value is -2.28. The summed E-state index contributed by atoms with van der Waals surface area (Å²) in [7, 11) is 1.56. The van der Waals surface area contributed by atoms with Gasteiger partial charge in [-0.25, -0.2) is 4.98 Å². The second-order valence-electron chi connectivity index (χ2n) is 5.51. The number of aromatic nitrogens is 1. The lowest BCUT2D eigenvalue weighted by molar-refractivity contribution is -0.115. The molecule has 0 fully saturated rings. The molecule has 5 nitrogen and oxygen atoms in total. The highest BCUT2D eigenvalue weighted by Gasteiger charge is 2.21. The second-order valence-corrected chi connectivity index (χ2v) is 7.16. The van der Waals surface area contributed by atoms with Crippen molar-refractivity contribution in [1.82, 2.24) is 4.98 Å². The van der Waals surface area contributed by atoms with Gasteiger partial charge < -0.3 is 9.47 Å². The Morgan fingerprint density at radius 3 is 2.67 bits per heavy atom. The summed E-state index contributed by atoms with van der Waals surface area (Å²) in [6, 6.07) is 12.4. The van der Waals surface area contributed by atoms with Gasteiger partial charge in [-0.15, -0.1) is 11.3 Å². The number of halogens is 2. The fourth-order valence-electron chi connectivity index (χ4n) is 2.41. The Labute approximate surface area is 171 Å². The molecule has 140 valence electrons. The SMILES string of the molecule is COc1ccccc1N(C(C)=O)c1nc(COc2ccc(Cl)c(Cl)c2)cs1. The Balaban J connectivity index is 1.80. The minimum absolute atomic E-state index is 0.161. The number of benzene rings is 2. The van der Waals surface area contributed by atoms with Crippen LogP contribution in [0.25, 0.3) is 0 Å². The first kappa shape index (κ1) is 19.5. The number of amides is 1. The Kier molecular flexibility index (Phi) is 6.21. The highest BCUT2D eigenvalue weighted by Crippen LogP contribution is 2.35. The summed E-state index contributed by atoms with van der Waals surface area (Å²) in [6.07, 6.45) is 0. The highest BCUT2D eigenvalue weighted by atomic mass is 35.5. The van der Waals surface area contributed by atoms with Crippen molar-refractivity contribution < 1.29 is 14.3 Å². The van der Waals surface area contributed by atoms with Crippen LogP contribution in [0.1, 0.15) is 12.6 Å². The van der Waals surface area contributed by atoms with Crippen LogP contribution in [-0.4, -0.2) is 18.0 Å². The number of thiazole rings is 1. The third-order valence-corrected chi connectivity index (χ3v) is 5.26. The van der Waals surface area contributed by atoms with E-state index in [1.165, 1.54) is 23.2 Å². The molecule has 0 spiro atoms. The molecule has 1 heterocycles. The number of hydrogen-bond acceptors (Lipinski definition) is 5. The number of hydrogen-bond donors (Lipinski definition) is 0. The quantitative estimate of drug-likeness (QED) is 0.509. The number of methoxy groups -OCH3 is 1. The van der Waals surface area contributed by atoms with E-state index < -0.39 is 0 Å². The third kappa shape index (κ3) is 4.53. The first-order valence-electron chi connectivity index (χ1n) is 7.95. The summed E-state index contributed by atoms with van der Waals surface area (Å²) in [5.74, 6) is 1.02. The van der Waals surface area contributed by atoms with Crippen LogP contribution >= 0.6 is 34.5 Å². The molecule has 0 aliphatic heterocycles. The molecule has 3 aromatic rings. The van der Waals surface area contributed by atoms with E-state index in [0.717, 1.165) is 0 Å². The molecule has 0 N–H and O–H groups in total. The molecule has 8 heteroatoms. The number of ether oxygens (including phenoxy) is 2. The molecule has 0 unspecified atom stereocenters. The zero-order valence-electron chi connectivity index (χ0n) is 14.6. The summed E-state index contributed by atoms with van der Waals surface area (Å²) in [5.41, 5.74) is 1.33. The summed E-state index contributed by atoms with van der Waals surface area (Å²) < 4.78 is 11.1. The van der Waals surface area contributed by atoms with Crippen LogP contribution in [0.3, 0.4) is 0 Å². The predicted octanol–water partition coefficient (Wildman–Crippen LogP) is 5.72. The van der Waals surface area contributed by atoms with Gasteiger partial charge in [-0.3, -0.25) is 9.69 Å². The van der Waals surface area contributed by atoms with E-state index in [1.54, 1.807) is 31.4 Å². The van der Waals surface area contributed by atoms with Gasteiger partial charge in [0.05, 0.1) is 28.5 Å². The smallest absolute Gasteiger partial charge is 0.230 e. The van der Waals surface area contributed by atoms with Crippen LogP contribution in [0.5, 0.6) is 11.5 Å². The van der Waals surface area contributed by atoms with Crippen LogP contribution in [0.4, 0.5) is 10.8 Å². The van der Waals surface area contributed by atoms with Crippen molar-refractivity contribution in [3.8, 4) is 11.5 Å². The zero-order chi connectivity index (χ0) is 19.4. The fourth-order valence-corrected chi connectivity index (χ4v) is 3.56. The van der Waals surface area contributed by atoms with E-state index >= 15 is 0 Å². The second kappa shape index (κ2) is 8.61. The van der Waals surface area contributed by atoms with Crippen LogP contribution in [-0.2, 0) is 11.4 Å². The molecule has 0 atom stereocenters. The van der Waals surface area contributed by atoms with E-state index in [-0.39, 0.29) is 12.5 Å². The number of carbonyl (C=O) groups is 1. The van der Waals surface area contributed by atoms with Crippen molar-refractivity contribution in [2.24, 2.45) is 0 Å². The van der Waals surface area contributed by atoms with Gasteiger partial charge in [0.25, 0.3) is 0 Å². The van der Waals surface area contributed by atoms with Crippen molar-refractivity contribution >= 4 is 51.3 Å². The number of rotatable bonds is 6. The normalized spacial score (nSPS) is 10.5. The van der Waals surface area contributed by atoms with Gasteiger partial charge in [-0.1, -0.05) is 35.3 Å². The van der Waals surface area contributed by atoms with Gasteiger partial charge >= 0.3 is 0 Å². The van der Waals surface area contributed by atoms with Crippen molar-refractivity contribution in [1.29, 1.82) is 0 Å². The Bertz CT molecular complexity index is 962. The van der Waals surface area contributed by atoms with Crippen molar-refractivity contribution in [3.05, 3.63) is 63.6 Å². The van der Waals surface area contributed by atoms with Gasteiger partial charge in [0.2, 0.25) is 5.91 Å². The number of anilines is 2. The molecule has 1 amide bonds. The van der Waals surface area contributed by atoms with Gasteiger partial charge in [-0.2, -0.15) is 0 Å². The van der Waals surface area contributed by atoms with Gasteiger partial charge in [0.15, 0.2) is 5.13 Å². The lowest BCUT2D eigenvalue weighted by atomic mass is 10.2. The average molecular weight is 423 g/mol. The van der Waals surface area contributed by atoms with Gasteiger partial charge in [-0.05, 0) is 24.3 Å². The Morgan fingerprint density at radius 2 is 1.96 bits per heavy atom. The van der Waals surface area contributed by atoms with Crippen LogP contribution in [0, 0.1) is 0 Å². The minimum Gasteiger partial charge on any atom is -0.495 e. The van der Waals surface area contributed by atoms with E-state index in [2.05, 4.69) is 4.98 Å². The topological polar surface area (TPSA) is 51.7 Å². The summed E-state index contributed by atoms with van der Waals surface area (Å²) in [5, 5.41) is 3.28. The molecule has 1 aromatic heterocycles. The maximum Gasteiger partial charge on any atom is 0.230 e. The van der Waals surface area contributed by atoms with E-state index in [1.807, 2.05) is 23.6 Å². The maximum absolute atomic E-state index is 12.2. The van der Waals surface area contributed by atoms with Crippen LogP contribution in [0.15, 0.2) is 47.8 Å². The molecule has 3 rings (SSSR count). The molecule has 0 saturated carbocycles. The first-order valence-corrected chi connectivity index (χ1v) is 9.59. The molecular weight excluding hydrogens is 407 g/mol. The third-order valence-electron chi connectivity index (χ3n) is 3.65. The predicted molar refractivity (Wildman–Crippen MR) is 109 cm³/mol.